The summed E-state index contributed by atoms with van der Waals surface area (Å²) in [4.78, 5) is 0. The van der Waals surface area contributed by atoms with Crippen molar-refractivity contribution in [3.8, 4) is 0 Å². The van der Waals surface area contributed by atoms with E-state index in [2.05, 4.69) is 24.5 Å². The van der Waals surface area contributed by atoms with Gasteiger partial charge in [-0.15, -0.1) is 0 Å². The lowest BCUT2D eigenvalue weighted by Gasteiger charge is -2.42. The van der Waals surface area contributed by atoms with Gasteiger partial charge in [-0.1, -0.05) is 26.2 Å². The molecule has 0 bridgehead atoms. The molecule has 88 valence electrons. The number of hydrogen-bond donors (Lipinski definition) is 2. The lowest BCUT2D eigenvalue weighted by atomic mass is 9.82. The molecule has 1 saturated heterocycles. The molecular formula is C13H26N2. The lowest BCUT2D eigenvalue weighted by molar-refractivity contribution is 0.180. The molecule has 2 rings (SSSR count). The van der Waals surface area contributed by atoms with Crippen LogP contribution in [0.25, 0.3) is 0 Å². The van der Waals surface area contributed by atoms with Gasteiger partial charge in [0.25, 0.3) is 0 Å². The zero-order valence-corrected chi connectivity index (χ0v) is 10.3. The van der Waals surface area contributed by atoms with Gasteiger partial charge in [-0.3, -0.25) is 0 Å². The molecule has 2 aliphatic rings. The standard InChI is InChI=1S/C13H26N2/c1-3-13(2)10-14-12(9-15-13)11-7-5-4-6-8-11/h11-12,14-15H,3-10H2,1-2H3. The van der Waals surface area contributed by atoms with Gasteiger partial charge >= 0.3 is 0 Å². The first-order valence-corrected chi connectivity index (χ1v) is 6.72. The minimum atomic E-state index is 0.338. The van der Waals surface area contributed by atoms with E-state index >= 15 is 0 Å². The summed E-state index contributed by atoms with van der Waals surface area (Å²) in [5, 5.41) is 7.50. The van der Waals surface area contributed by atoms with Crippen LogP contribution >= 0.6 is 0 Å². The summed E-state index contributed by atoms with van der Waals surface area (Å²) >= 11 is 0. The molecule has 2 nitrogen and oxygen atoms in total. The third-order valence-corrected chi connectivity index (χ3v) is 4.50. The van der Waals surface area contributed by atoms with E-state index < -0.39 is 0 Å². The van der Waals surface area contributed by atoms with Crippen LogP contribution in [0.1, 0.15) is 52.4 Å². The number of piperazine rings is 1. The summed E-state index contributed by atoms with van der Waals surface area (Å²) < 4.78 is 0. The molecule has 2 fully saturated rings. The Morgan fingerprint density at radius 1 is 1.20 bits per heavy atom. The maximum atomic E-state index is 3.77. The predicted molar refractivity (Wildman–Crippen MR) is 65.1 cm³/mol. The van der Waals surface area contributed by atoms with Gasteiger partial charge < -0.3 is 10.6 Å². The number of hydrogen-bond acceptors (Lipinski definition) is 2. The van der Waals surface area contributed by atoms with Gasteiger partial charge in [-0.25, -0.2) is 0 Å². The molecule has 2 heteroatoms. The van der Waals surface area contributed by atoms with E-state index in [9.17, 15) is 0 Å². The van der Waals surface area contributed by atoms with E-state index in [1.165, 1.54) is 45.1 Å². The Hall–Kier alpha value is -0.0800. The predicted octanol–water partition coefficient (Wildman–Crippen LogP) is 2.30. The number of nitrogens with one attached hydrogen (secondary N) is 2. The van der Waals surface area contributed by atoms with Crippen molar-refractivity contribution < 1.29 is 0 Å². The summed E-state index contributed by atoms with van der Waals surface area (Å²) in [5.74, 6) is 0.938. The van der Waals surface area contributed by atoms with Crippen LogP contribution in [-0.2, 0) is 0 Å². The minimum absolute atomic E-state index is 0.338. The minimum Gasteiger partial charge on any atom is -0.311 e. The molecule has 0 amide bonds. The van der Waals surface area contributed by atoms with Gasteiger partial charge in [0, 0.05) is 24.7 Å². The molecule has 2 atom stereocenters. The number of rotatable bonds is 2. The second-order valence-electron chi connectivity index (χ2n) is 5.68. The van der Waals surface area contributed by atoms with Crippen LogP contribution in [0.4, 0.5) is 0 Å². The summed E-state index contributed by atoms with van der Waals surface area (Å²) in [6.45, 7) is 6.92. The van der Waals surface area contributed by atoms with Crippen molar-refractivity contribution >= 4 is 0 Å². The Kier molecular flexibility index (Phi) is 3.68. The van der Waals surface area contributed by atoms with Crippen LogP contribution < -0.4 is 10.6 Å². The molecule has 0 radical (unpaired) electrons. The molecule has 2 N–H and O–H groups in total. The van der Waals surface area contributed by atoms with Crippen molar-refractivity contribution in [2.45, 2.75) is 64.0 Å². The molecule has 1 aliphatic heterocycles. The van der Waals surface area contributed by atoms with Gasteiger partial charge in [0.05, 0.1) is 0 Å². The molecule has 2 unspecified atom stereocenters. The monoisotopic (exact) mass is 210 g/mol. The van der Waals surface area contributed by atoms with E-state index in [0.29, 0.717) is 5.54 Å². The van der Waals surface area contributed by atoms with Crippen LogP contribution in [0.3, 0.4) is 0 Å². The molecule has 0 spiro atoms. The first-order chi connectivity index (χ1) is 7.23. The highest BCUT2D eigenvalue weighted by Crippen LogP contribution is 2.28. The van der Waals surface area contributed by atoms with Crippen LogP contribution in [0, 0.1) is 5.92 Å². The zero-order valence-electron chi connectivity index (χ0n) is 10.3. The summed E-state index contributed by atoms with van der Waals surface area (Å²) in [6, 6.07) is 0.741. The Bertz CT molecular complexity index is 189. The maximum Gasteiger partial charge on any atom is 0.0276 e. The molecule has 1 heterocycles. The molecule has 15 heavy (non-hydrogen) atoms. The van der Waals surface area contributed by atoms with Gasteiger partial charge in [0.1, 0.15) is 0 Å². The van der Waals surface area contributed by atoms with Crippen LogP contribution in [0.2, 0.25) is 0 Å². The highest BCUT2D eigenvalue weighted by molar-refractivity contribution is 4.94. The third kappa shape index (κ3) is 2.73. The fourth-order valence-electron chi connectivity index (χ4n) is 2.97. The van der Waals surface area contributed by atoms with E-state index in [0.717, 1.165) is 18.5 Å². The fourth-order valence-corrected chi connectivity index (χ4v) is 2.97. The van der Waals surface area contributed by atoms with E-state index in [1.807, 2.05) is 0 Å². The average Bonchev–Trinajstić information content (AvgIpc) is 2.31. The zero-order chi connectivity index (χ0) is 10.7. The Morgan fingerprint density at radius 3 is 2.47 bits per heavy atom. The van der Waals surface area contributed by atoms with Crippen molar-refractivity contribution in [1.29, 1.82) is 0 Å². The van der Waals surface area contributed by atoms with Crippen LogP contribution in [-0.4, -0.2) is 24.7 Å². The normalized spacial score (nSPS) is 39.2. The molecule has 0 aromatic rings. The van der Waals surface area contributed by atoms with E-state index in [4.69, 9.17) is 0 Å². The third-order valence-electron chi connectivity index (χ3n) is 4.50. The first kappa shape index (κ1) is 11.4. The topological polar surface area (TPSA) is 24.1 Å². The summed E-state index contributed by atoms with van der Waals surface area (Å²) in [6.07, 6.45) is 8.48. The second kappa shape index (κ2) is 4.84. The highest BCUT2D eigenvalue weighted by Gasteiger charge is 2.32. The van der Waals surface area contributed by atoms with Crippen LogP contribution in [0.5, 0.6) is 0 Å². The van der Waals surface area contributed by atoms with E-state index in [-0.39, 0.29) is 0 Å². The van der Waals surface area contributed by atoms with Gasteiger partial charge in [0.15, 0.2) is 0 Å². The maximum absolute atomic E-state index is 3.77. The second-order valence-corrected chi connectivity index (χ2v) is 5.68. The van der Waals surface area contributed by atoms with Gasteiger partial charge in [0.2, 0.25) is 0 Å². The summed E-state index contributed by atoms with van der Waals surface area (Å²) in [5.41, 5.74) is 0.338. The first-order valence-electron chi connectivity index (χ1n) is 6.72. The quantitative estimate of drug-likeness (QED) is 0.731. The highest BCUT2D eigenvalue weighted by atomic mass is 15.1. The van der Waals surface area contributed by atoms with E-state index in [1.54, 1.807) is 0 Å². The van der Waals surface area contributed by atoms with Gasteiger partial charge in [-0.05, 0) is 32.1 Å². The summed E-state index contributed by atoms with van der Waals surface area (Å²) in [7, 11) is 0. The molecule has 1 saturated carbocycles. The van der Waals surface area contributed by atoms with Crippen LogP contribution in [0.15, 0.2) is 0 Å². The molecular weight excluding hydrogens is 184 g/mol. The van der Waals surface area contributed by atoms with Crippen molar-refractivity contribution in [1.82, 2.24) is 10.6 Å². The Morgan fingerprint density at radius 2 is 1.93 bits per heavy atom. The lowest BCUT2D eigenvalue weighted by Crippen LogP contribution is -2.63. The Labute approximate surface area is 94.2 Å². The van der Waals surface area contributed by atoms with Crippen molar-refractivity contribution in [3.05, 3.63) is 0 Å². The molecule has 1 aliphatic carbocycles. The van der Waals surface area contributed by atoms with Gasteiger partial charge in [-0.2, -0.15) is 0 Å². The largest absolute Gasteiger partial charge is 0.311 e. The Balaban J connectivity index is 1.82. The van der Waals surface area contributed by atoms with Crippen molar-refractivity contribution in [3.63, 3.8) is 0 Å². The van der Waals surface area contributed by atoms with Crippen molar-refractivity contribution in [2.75, 3.05) is 13.1 Å². The average molecular weight is 210 g/mol. The fraction of sp³-hybridized carbons (Fsp3) is 1.00. The SMILES string of the molecule is CCC1(C)CNC(C2CCCCC2)CN1. The molecule has 0 aromatic heterocycles. The van der Waals surface area contributed by atoms with Crippen molar-refractivity contribution in [2.24, 2.45) is 5.92 Å². The smallest absolute Gasteiger partial charge is 0.0276 e. The molecule has 0 aromatic carbocycles.